The van der Waals surface area contributed by atoms with Gasteiger partial charge in [-0.3, -0.25) is 0 Å². The van der Waals surface area contributed by atoms with Crippen molar-refractivity contribution in [2.75, 3.05) is 14.2 Å². The predicted molar refractivity (Wildman–Crippen MR) is 93.2 cm³/mol. The first-order valence-electron chi connectivity index (χ1n) is 8.69. The van der Waals surface area contributed by atoms with Gasteiger partial charge in [0.1, 0.15) is 0 Å². The summed E-state index contributed by atoms with van der Waals surface area (Å²) in [6.07, 6.45) is 3.46. The Hall–Kier alpha value is -1.84. The van der Waals surface area contributed by atoms with Crippen LogP contribution in [0.2, 0.25) is 0 Å². The van der Waals surface area contributed by atoms with Gasteiger partial charge < -0.3 is 9.47 Å². The lowest BCUT2D eigenvalue weighted by Crippen LogP contribution is -2.27. The van der Waals surface area contributed by atoms with E-state index in [-0.39, 0.29) is 0 Å². The van der Waals surface area contributed by atoms with Crippen molar-refractivity contribution < 1.29 is 19.1 Å². The summed E-state index contributed by atoms with van der Waals surface area (Å²) in [5, 5.41) is 0. The standard InChI is InChI=1S/C20H28O4/c1-12(2)15-8-6-13(3)10-17(15)16-9-7-14(19(21)23-4)11-18(16)20(22)24-5/h7,9,11-13,15,17H,6,8,10H2,1-5H3. The Morgan fingerprint density at radius 1 is 1.08 bits per heavy atom. The molecule has 1 aromatic carbocycles. The van der Waals surface area contributed by atoms with Crippen molar-refractivity contribution in [2.45, 2.75) is 46.0 Å². The van der Waals surface area contributed by atoms with Crippen LogP contribution in [0.5, 0.6) is 0 Å². The minimum absolute atomic E-state index is 0.314. The fraction of sp³-hybridized carbons (Fsp3) is 0.600. The van der Waals surface area contributed by atoms with E-state index in [1.165, 1.54) is 27.1 Å². The Morgan fingerprint density at radius 3 is 2.33 bits per heavy atom. The third-order valence-corrected chi connectivity index (χ3v) is 5.30. The molecule has 3 atom stereocenters. The van der Waals surface area contributed by atoms with E-state index >= 15 is 0 Å². The molecule has 0 spiro atoms. The highest BCUT2D eigenvalue weighted by Gasteiger charge is 2.34. The second-order valence-electron chi connectivity index (χ2n) is 7.22. The molecule has 1 fully saturated rings. The van der Waals surface area contributed by atoms with Crippen LogP contribution < -0.4 is 0 Å². The highest BCUT2D eigenvalue weighted by Crippen LogP contribution is 2.45. The first-order valence-corrected chi connectivity index (χ1v) is 8.69. The van der Waals surface area contributed by atoms with Gasteiger partial charge >= 0.3 is 11.9 Å². The maximum Gasteiger partial charge on any atom is 0.338 e. The summed E-state index contributed by atoms with van der Waals surface area (Å²) < 4.78 is 9.74. The topological polar surface area (TPSA) is 52.6 Å². The van der Waals surface area contributed by atoms with Crippen LogP contribution in [0.1, 0.15) is 72.2 Å². The number of benzene rings is 1. The van der Waals surface area contributed by atoms with E-state index in [4.69, 9.17) is 9.47 Å². The summed E-state index contributed by atoms with van der Waals surface area (Å²) in [4.78, 5) is 24.1. The average Bonchev–Trinajstić information content (AvgIpc) is 2.59. The van der Waals surface area contributed by atoms with Gasteiger partial charge in [0.25, 0.3) is 0 Å². The Bertz CT molecular complexity index is 606. The van der Waals surface area contributed by atoms with Gasteiger partial charge in [0.05, 0.1) is 25.3 Å². The lowest BCUT2D eigenvalue weighted by atomic mass is 9.67. The second-order valence-corrected chi connectivity index (χ2v) is 7.22. The quantitative estimate of drug-likeness (QED) is 0.765. The van der Waals surface area contributed by atoms with Gasteiger partial charge in [0.2, 0.25) is 0 Å². The summed E-state index contributed by atoms with van der Waals surface area (Å²) in [5.41, 5.74) is 1.87. The summed E-state index contributed by atoms with van der Waals surface area (Å²) in [6, 6.07) is 5.28. The predicted octanol–water partition coefficient (Wildman–Crippen LogP) is 4.44. The first kappa shape index (κ1) is 18.5. The Morgan fingerprint density at radius 2 is 1.75 bits per heavy atom. The molecule has 0 bridgehead atoms. The van der Waals surface area contributed by atoms with Crippen molar-refractivity contribution in [3.8, 4) is 0 Å². The fourth-order valence-corrected chi connectivity index (χ4v) is 3.97. The number of carbonyl (C=O) groups is 2. The smallest absolute Gasteiger partial charge is 0.338 e. The van der Waals surface area contributed by atoms with Crippen molar-refractivity contribution in [1.82, 2.24) is 0 Å². The Balaban J connectivity index is 2.50. The molecular formula is C20H28O4. The van der Waals surface area contributed by atoms with Gasteiger partial charge in [-0.15, -0.1) is 0 Å². The molecule has 1 aliphatic carbocycles. The van der Waals surface area contributed by atoms with Crippen molar-refractivity contribution in [3.63, 3.8) is 0 Å². The molecule has 0 aliphatic heterocycles. The summed E-state index contributed by atoms with van der Waals surface area (Å²) in [5.74, 6) is 1.20. The van der Waals surface area contributed by atoms with E-state index in [2.05, 4.69) is 20.8 Å². The molecule has 0 radical (unpaired) electrons. The van der Waals surface area contributed by atoms with Crippen LogP contribution in [-0.4, -0.2) is 26.2 Å². The van der Waals surface area contributed by atoms with Gasteiger partial charge in [-0.25, -0.2) is 9.59 Å². The molecule has 0 heterocycles. The maximum absolute atomic E-state index is 12.3. The number of methoxy groups -OCH3 is 2. The second kappa shape index (κ2) is 7.82. The highest BCUT2D eigenvalue weighted by molar-refractivity contribution is 5.96. The van der Waals surface area contributed by atoms with E-state index in [9.17, 15) is 9.59 Å². The Kier molecular flexibility index (Phi) is 6.03. The molecule has 0 saturated heterocycles. The SMILES string of the molecule is COC(=O)c1ccc(C2CC(C)CCC2C(C)C)c(C(=O)OC)c1. The van der Waals surface area contributed by atoms with Gasteiger partial charge in [0, 0.05) is 0 Å². The number of carbonyl (C=O) groups excluding carboxylic acids is 2. The van der Waals surface area contributed by atoms with Crippen LogP contribution in [0.4, 0.5) is 0 Å². The minimum atomic E-state index is -0.441. The molecule has 4 heteroatoms. The van der Waals surface area contributed by atoms with E-state index in [1.54, 1.807) is 12.1 Å². The zero-order valence-corrected chi connectivity index (χ0v) is 15.3. The normalized spacial score (nSPS) is 23.8. The molecular weight excluding hydrogens is 304 g/mol. The minimum Gasteiger partial charge on any atom is -0.465 e. The third-order valence-electron chi connectivity index (χ3n) is 5.30. The molecule has 132 valence electrons. The molecule has 3 unspecified atom stereocenters. The first-order chi connectivity index (χ1) is 11.4. The number of hydrogen-bond donors (Lipinski definition) is 0. The van der Waals surface area contributed by atoms with Crippen LogP contribution in [0.3, 0.4) is 0 Å². The molecule has 2 rings (SSSR count). The summed E-state index contributed by atoms with van der Waals surface area (Å²) >= 11 is 0. The largest absolute Gasteiger partial charge is 0.465 e. The monoisotopic (exact) mass is 332 g/mol. The number of hydrogen-bond acceptors (Lipinski definition) is 4. The summed E-state index contributed by atoms with van der Waals surface area (Å²) in [6.45, 7) is 6.76. The Labute approximate surface area is 144 Å². The van der Waals surface area contributed by atoms with E-state index in [0.29, 0.717) is 34.8 Å². The molecule has 0 aromatic heterocycles. The zero-order chi connectivity index (χ0) is 17.9. The highest BCUT2D eigenvalue weighted by atomic mass is 16.5. The van der Waals surface area contributed by atoms with E-state index in [0.717, 1.165) is 12.0 Å². The van der Waals surface area contributed by atoms with Crippen LogP contribution in [0.15, 0.2) is 18.2 Å². The lowest BCUT2D eigenvalue weighted by Gasteiger charge is -2.38. The average molecular weight is 332 g/mol. The number of ether oxygens (including phenoxy) is 2. The van der Waals surface area contributed by atoms with Gasteiger partial charge in [-0.05, 0) is 54.2 Å². The molecule has 1 aliphatic rings. The molecule has 0 amide bonds. The maximum atomic E-state index is 12.3. The number of esters is 2. The lowest BCUT2D eigenvalue weighted by molar-refractivity contribution is 0.0595. The fourth-order valence-electron chi connectivity index (χ4n) is 3.97. The molecule has 0 N–H and O–H groups in total. The van der Waals surface area contributed by atoms with Crippen LogP contribution in [-0.2, 0) is 9.47 Å². The van der Waals surface area contributed by atoms with Crippen molar-refractivity contribution >= 4 is 11.9 Å². The van der Waals surface area contributed by atoms with Crippen molar-refractivity contribution in [1.29, 1.82) is 0 Å². The van der Waals surface area contributed by atoms with Crippen LogP contribution in [0.25, 0.3) is 0 Å². The van der Waals surface area contributed by atoms with Crippen LogP contribution >= 0.6 is 0 Å². The third kappa shape index (κ3) is 3.80. The van der Waals surface area contributed by atoms with E-state index in [1.807, 2.05) is 6.07 Å². The molecule has 4 nitrogen and oxygen atoms in total. The van der Waals surface area contributed by atoms with Gasteiger partial charge in [-0.2, -0.15) is 0 Å². The van der Waals surface area contributed by atoms with E-state index < -0.39 is 11.9 Å². The molecule has 1 aromatic rings. The molecule has 1 saturated carbocycles. The zero-order valence-electron chi connectivity index (χ0n) is 15.3. The number of rotatable bonds is 4. The van der Waals surface area contributed by atoms with Crippen LogP contribution in [0, 0.1) is 17.8 Å². The van der Waals surface area contributed by atoms with Crippen molar-refractivity contribution in [3.05, 3.63) is 34.9 Å². The van der Waals surface area contributed by atoms with Gasteiger partial charge in [-0.1, -0.05) is 33.3 Å². The van der Waals surface area contributed by atoms with Gasteiger partial charge in [0.15, 0.2) is 0 Å². The van der Waals surface area contributed by atoms with Crippen molar-refractivity contribution in [2.24, 2.45) is 17.8 Å². The molecule has 24 heavy (non-hydrogen) atoms. The summed E-state index contributed by atoms with van der Waals surface area (Å²) in [7, 11) is 2.71.